The van der Waals surface area contributed by atoms with Crippen LogP contribution in [0.2, 0.25) is 0 Å². The van der Waals surface area contributed by atoms with Gasteiger partial charge >= 0.3 is 0 Å². The zero-order valence-corrected chi connectivity index (χ0v) is 30.4. The zero-order chi connectivity index (χ0) is 35.6. The molecule has 2 nitrogen and oxygen atoms in total. The molecular formula is C47H46NOP. The maximum atomic E-state index is 15.2. The number of rotatable bonds is 12. The molecule has 50 heavy (non-hydrogen) atoms. The van der Waals surface area contributed by atoms with Gasteiger partial charge in [-0.25, -0.2) is 0 Å². The average molecular weight is 672 g/mol. The van der Waals surface area contributed by atoms with Gasteiger partial charge in [0.15, 0.2) is 7.14 Å². The normalized spacial score (nSPS) is 19.5. The van der Waals surface area contributed by atoms with Crippen molar-refractivity contribution in [2.75, 3.05) is 7.05 Å². The van der Waals surface area contributed by atoms with Crippen LogP contribution in [0.1, 0.15) is 43.9 Å². The average Bonchev–Trinajstić information content (AvgIpc) is 3.25. The number of hydrogen-bond acceptors (Lipinski definition) is 2. The molecular weight excluding hydrogens is 625 g/mol. The SMILES string of the molecule is C#CC(/C=C\C=C/C)C1(C(/C=C\C)=C/NC)c2ccccc2-c2cc(C3=CC=C(P(=O)(C(/C=C\C)=C/C=C)c4ccccc4)CC=C3)ccc21. The van der Waals surface area contributed by atoms with Crippen LogP contribution in [0.4, 0.5) is 0 Å². The predicted octanol–water partition coefficient (Wildman–Crippen LogP) is 11.6. The van der Waals surface area contributed by atoms with Crippen LogP contribution in [-0.4, -0.2) is 7.05 Å². The summed E-state index contributed by atoms with van der Waals surface area (Å²) in [4.78, 5) is 0. The Balaban J connectivity index is 1.72. The summed E-state index contributed by atoms with van der Waals surface area (Å²) in [5.74, 6) is 2.92. The molecule has 5 rings (SSSR count). The Bertz CT molecular complexity index is 2100. The monoisotopic (exact) mass is 671 g/mol. The smallest absolute Gasteiger partial charge is 0.167 e. The summed E-state index contributed by atoms with van der Waals surface area (Å²) < 4.78 is 15.2. The van der Waals surface area contributed by atoms with Gasteiger partial charge in [-0.2, -0.15) is 0 Å². The lowest BCUT2D eigenvalue weighted by Crippen LogP contribution is -2.35. The first kappa shape index (κ1) is 35.9. The second-order valence-electron chi connectivity index (χ2n) is 12.2. The van der Waals surface area contributed by atoms with E-state index in [1.54, 1.807) is 6.08 Å². The van der Waals surface area contributed by atoms with Crippen molar-refractivity contribution in [2.45, 2.75) is 32.6 Å². The molecule has 1 N–H and O–H groups in total. The van der Waals surface area contributed by atoms with E-state index in [-0.39, 0.29) is 5.92 Å². The van der Waals surface area contributed by atoms with Crippen LogP contribution in [0, 0.1) is 18.3 Å². The van der Waals surface area contributed by atoms with E-state index in [0.717, 1.165) is 38.2 Å². The quantitative estimate of drug-likeness (QED) is 0.118. The molecule has 0 spiro atoms. The lowest BCUT2D eigenvalue weighted by molar-refractivity contribution is 0.546. The Hall–Kier alpha value is -5.35. The van der Waals surface area contributed by atoms with Crippen LogP contribution in [0.25, 0.3) is 16.7 Å². The summed E-state index contributed by atoms with van der Waals surface area (Å²) >= 11 is 0. The number of benzene rings is 3. The van der Waals surface area contributed by atoms with Crippen molar-refractivity contribution in [2.24, 2.45) is 5.92 Å². The topological polar surface area (TPSA) is 29.1 Å². The zero-order valence-electron chi connectivity index (χ0n) is 29.5. The van der Waals surface area contributed by atoms with Crippen LogP contribution in [0.15, 0.2) is 187 Å². The molecule has 0 fully saturated rings. The largest absolute Gasteiger partial charge is 0.394 e. The van der Waals surface area contributed by atoms with E-state index in [1.807, 2.05) is 88.5 Å². The van der Waals surface area contributed by atoms with E-state index < -0.39 is 12.6 Å². The fourth-order valence-corrected chi connectivity index (χ4v) is 10.2. The standard InChI is InChI=1S/C47H46NOP/c1-7-12-14-24-38(11-5)47(39(20-8-2)35-48-6)45-29-18-17-28-43(45)44-34-37(31-33-46(44)47)36-23-19-27-42(32-30-36)50(49,40(21-9-3)22-10-4)41-25-15-13-16-26-41/h5,7-10,12-26,28-35,38,48H,3,27H2,1-2,4,6H3/b12-7-,20-8-,22-10-,24-14-,39-35+,40-21+. The minimum Gasteiger partial charge on any atom is -0.394 e. The first-order valence-corrected chi connectivity index (χ1v) is 18.9. The van der Waals surface area contributed by atoms with Crippen LogP contribution >= 0.6 is 7.14 Å². The molecule has 3 atom stereocenters. The summed E-state index contributed by atoms with van der Waals surface area (Å²) in [6.07, 6.45) is 37.5. The van der Waals surface area contributed by atoms with Crippen molar-refractivity contribution in [1.29, 1.82) is 0 Å². The maximum Gasteiger partial charge on any atom is 0.167 e. The fourth-order valence-electron chi connectivity index (χ4n) is 7.28. The second-order valence-corrected chi connectivity index (χ2v) is 15.0. The van der Waals surface area contributed by atoms with Crippen LogP contribution in [0.5, 0.6) is 0 Å². The molecule has 0 aliphatic heterocycles. The molecule has 0 radical (unpaired) electrons. The highest BCUT2D eigenvalue weighted by atomic mass is 31.2. The molecule has 3 unspecified atom stereocenters. The van der Waals surface area contributed by atoms with E-state index in [4.69, 9.17) is 6.42 Å². The third-order valence-corrected chi connectivity index (χ3v) is 12.6. The van der Waals surface area contributed by atoms with Gasteiger partial charge in [-0.15, -0.1) is 6.42 Å². The highest BCUT2D eigenvalue weighted by molar-refractivity contribution is 7.79. The van der Waals surface area contributed by atoms with E-state index in [0.29, 0.717) is 6.42 Å². The Labute approximate surface area is 299 Å². The molecule has 2 aliphatic carbocycles. The molecule has 0 saturated heterocycles. The third-order valence-electron chi connectivity index (χ3n) is 9.37. The van der Waals surface area contributed by atoms with Crippen molar-refractivity contribution < 1.29 is 4.57 Å². The van der Waals surface area contributed by atoms with Gasteiger partial charge in [0, 0.05) is 29.2 Å². The number of allylic oxidation sites excluding steroid dienone is 18. The molecule has 3 heteroatoms. The summed E-state index contributed by atoms with van der Waals surface area (Å²) in [5, 5.41) is 5.76. The summed E-state index contributed by atoms with van der Waals surface area (Å²) in [6.45, 7) is 9.92. The third kappa shape index (κ3) is 6.50. The number of hydrogen-bond donors (Lipinski definition) is 1. The highest BCUT2D eigenvalue weighted by Gasteiger charge is 2.49. The van der Waals surface area contributed by atoms with Crippen molar-refractivity contribution >= 4 is 18.0 Å². The summed E-state index contributed by atoms with van der Waals surface area (Å²) in [5.41, 5.74) is 7.30. The van der Waals surface area contributed by atoms with Crippen LogP contribution in [-0.2, 0) is 9.98 Å². The Morgan fingerprint density at radius 1 is 0.920 bits per heavy atom. The molecule has 0 heterocycles. The van der Waals surface area contributed by atoms with Crippen molar-refractivity contribution in [3.63, 3.8) is 0 Å². The van der Waals surface area contributed by atoms with Gasteiger partial charge in [-0.05, 0) is 72.2 Å². The molecule has 0 bridgehead atoms. The number of fused-ring (bicyclic) bond motifs is 3. The van der Waals surface area contributed by atoms with Crippen molar-refractivity contribution in [3.05, 3.63) is 204 Å². The summed E-state index contributed by atoms with van der Waals surface area (Å²) in [6, 6.07) is 25.2. The molecule has 0 aromatic heterocycles. The lowest BCUT2D eigenvalue weighted by Gasteiger charge is -2.37. The number of terminal acetylenes is 1. The van der Waals surface area contributed by atoms with Gasteiger partial charge in [-0.1, -0.05) is 164 Å². The van der Waals surface area contributed by atoms with Crippen molar-refractivity contribution in [1.82, 2.24) is 5.32 Å². The maximum absolute atomic E-state index is 15.2. The Kier molecular flexibility index (Phi) is 11.8. The number of nitrogens with one attached hydrogen (secondary N) is 1. The predicted molar refractivity (Wildman–Crippen MR) is 217 cm³/mol. The highest BCUT2D eigenvalue weighted by Crippen LogP contribution is 2.62. The van der Waals surface area contributed by atoms with Gasteiger partial charge in [0.25, 0.3) is 0 Å². The molecule has 3 aromatic rings. The first-order chi connectivity index (χ1) is 24.4. The van der Waals surface area contributed by atoms with Crippen molar-refractivity contribution in [3.8, 4) is 23.5 Å². The van der Waals surface area contributed by atoms with Gasteiger partial charge in [0.2, 0.25) is 0 Å². The molecule has 3 aromatic carbocycles. The molecule has 0 amide bonds. The minimum absolute atomic E-state index is 0.257. The Morgan fingerprint density at radius 3 is 2.36 bits per heavy atom. The van der Waals surface area contributed by atoms with Gasteiger partial charge in [0.05, 0.1) is 11.3 Å². The van der Waals surface area contributed by atoms with Crippen LogP contribution < -0.4 is 10.6 Å². The van der Waals surface area contributed by atoms with Gasteiger partial charge in [0.1, 0.15) is 0 Å². The molecule has 2 aliphatic rings. The molecule has 250 valence electrons. The fraction of sp³-hybridized carbons (Fsp3) is 0.149. The first-order valence-electron chi connectivity index (χ1n) is 17.2. The van der Waals surface area contributed by atoms with E-state index in [2.05, 4.69) is 115 Å². The van der Waals surface area contributed by atoms with Crippen LogP contribution in [0.3, 0.4) is 0 Å². The molecule has 0 saturated carbocycles. The van der Waals surface area contributed by atoms with E-state index in [1.165, 1.54) is 16.7 Å². The van der Waals surface area contributed by atoms with Gasteiger partial charge in [-0.3, -0.25) is 0 Å². The Morgan fingerprint density at radius 2 is 1.66 bits per heavy atom. The lowest BCUT2D eigenvalue weighted by atomic mass is 9.63. The van der Waals surface area contributed by atoms with E-state index in [9.17, 15) is 0 Å². The minimum atomic E-state index is -3.14. The van der Waals surface area contributed by atoms with E-state index >= 15 is 4.57 Å². The van der Waals surface area contributed by atoms with Gasteiger partial charge < -0.3 is 9.88 Å². The second kappa shape index (κ2) is 16.4. The summed E-state index contributed by atoms with van der Waals surface area (Å²) in [7, 11) is -1.21.